The van der Waals surface area contributed by atoms with Crippen LogP contribution in [-0.2, 0) is 16.0 Å². The molecule has 2 aromatic rings. The van der Waals surface area contributed by atoms with Crippen LogP contribution in [0.1, 0.15) is 18.1 Å². The Morgan fingerprint density at radius 1 is 0.966 bits per heavy atom. The largest absolute Gasteiger partial charge is 0.369 e. The molecule has 0 radical (unpaired) electrons. The lowest BCUT2D eigenvalue weighted by Gasteiger charge is -2.35. The molecular formula is C23H30N4O2. The van der Waals surface area contributed by atoms with Gasteiger partial charge in [0.15, 0.2) is 0 Å². The first kappa shape index (κ1) is 20.9. The SMILES string of the molecule is CCN1CCN(c2ccc(NC(=O)CNC(=O)Cc3ccccc3)c(C)c2)CC1. The van der Waals surface area contributed by atoms with Crippen LogP contribution in [0.5, 0.6) is 0 Å². The van der Waals surface area contributed by atoms with Crippen molar-refractivity contribution >= 4 is 23.2 Å². The zero-order chi connectivity index (χ0) is 20.6. The van der Waals surface area contributed by atoms with Crippen molar-refractivity contribution in [2.45, 2.75) is 20.3 Å². The molecule has 1 saturated heterocycles. The molecule has 2 amide bonds. The maximum Gasteiger partial charge on any atom is 0.243 e. The summed E-state index contributed by atoms with van der Waals surface area (Å²) < 4.78 is 0. The quantitative estimate of drug-likeness (QED) is 0.757. The van der Waals surface area contributed by atoms with Crippen molar-refractivity contribution in [3.05, 3.63) is 59.7 Å². The number of nitrogens with zero attached hydrogens (tertiary/aromatic N) is 2. The van der Waals surface area contributed by atoms with Crippen molar-refractivity contribution in [3.8, 4) is 0 Å². The molecule has 3 rings (SSSR count). The lowest BCUT2D eigenvalue weighted by molar-refractivity contribution is -0.123. The monoisotopic (exact) mass is 394 g/mol. The van der Waals surface area contributed by atoms with Crippen molar-refractivity contribution in [1.82, 2.24) is 10.2 Å². The van der Waals surface area contributed by atoms with Crippen LogP contribution in [0.2, 0.25) is 0 Å². The van der Waals surface area contributed by atoms with Crippen molar-refractivity contribution in [2.75, 3.05) is 49.5 Å². The van der Waals surface area contributed by atoms with Gasteiger partial charge in [-0.25, -0.2) is 0 Å². The van der Waals surface area contributed by atoms with E-state index in [4.69, 9.17) is 0 Å². The average Bonchev–Trinajstić information content (AvgIpc) is 2.74. The first-order chi connectivity index (χ1) is 14.0. The summed E-state index contributed by atoms with van der Waals surface area (Å²) in [5, 5.41) is 5.57. The molecule has 29 heavy (non-hydrogen) atoms. The number of amides is 2. The third-order valence-electron chi connectivity index (χ3n) is 5.32. The van der Waals surface area contributed by atoms with Gasteiger partial charge in [-0.2, -0.15) is 0 Å². The van der Waals surface area contributed by atoms with Gasteiger partial charge < -0.3 is 20.4 Å². The molecule has 2 aromatic carbocycles. The topological polar surface area (TPSA) is 64.7 Å². The zero-order valence-corrected chi connectivity index (χ0v) is 17.3. The number of rotatable bonds is 7. The van der Waals surface area contributed by atoms with Gasteiger partial charge in [-0.1, -0.05) is 37.3 Å². The highest BCUT2D eigenvalue weighted by molar-refractivity contribution is 5.95. The number of anilines is 2. The molecule has 2 N–H and O–H groups in total. The van der Waals surface area contributed by atoms with Crippen LogP contribution in [0.4, 0.5) is 11.4 Å². The van der Waals surface area contributed by atoms with E-state index in [1.165, 1.54) is 5.69 Å². The van der Waals surface area contributed by atoms with E-state index in [0.717, 1.165) is 49.5 Å². The van der Waals surface area contributed by atoms with Crippen LogP contribution in [0.3, 0.4) is 0 Å². The smallest absolute Gasteiger partial charge is 0.243 e. The lowest BCUT2D eigenvalue weighted by atomic mass is 10.1. The maximum atomic E-state index is 12.2. The Morgan fingerprint density at radius 3 is 2.34 bits per heavy atom. The molecular weight excluding hydrogens is 364 g/mol. The molecule has 0 spiro atoms. The minimum absolute atomic E-state index is 0.0359. The van der Waals surface area contributed by atoms with Gasteiger partial charge in [-0.3, -0.25) is 9.59 Å². The van der Waals surface area contributed by atoms with Gasteiger partial charge in [0.2, 0.25) is 11.8 Å². The number of piperazine rings is 1. The average molecular weight is 395 g/mol. The first-order valence-electron chi connectivity index (χ1n) is 10.2. The summed E-state index contributed by atoms with van der Waals surface area (Å²) in [6, 6.07) is 15.6. The Morgan fingerprint density at radius 2 is 1.69 bits per heavy atom. The highest BCUT2D eigenvalue weighted by atomic mass is 16.2. The van der Waals surface area contributed by atoms with Gasteiger partial charge in [-0.05, 0) is 42.8 Å². The molecule has 0 aromatic heterocycles. The van der Waals surface area contributed by atoms with Crippen LogP contribution in [-0.4, -0.2) is 56.0 Å². The van der Waals surface area contributed by atoms with Gasteiger partial charge in [0.1, 0.15) is 0 Å². The fourth-order valence-electron chi connectivity index (χ4n) is 3.52. The van der Waals surface area contributed by atoms with E-state index >= 15 is 0 Å². The third kappa shape index (κ3) is 6.06. The molecule has 0 aliphatic carbocycles. The summed E-state index contributed by atoms with van der Waals surface area (Å²) in [7, 11) is 0. The second-order valence-electron chi connectivity index (χ2n) is 7.41. The summed E-state index contributed by atoms with van der Waals surface area (Å²) in [6.07, 6.45) is 0.271. The number of aryl methyl sites for hydroxylation is 1. The minimum Gasteiger partial charge on any atom is -0.369 e. The van der Waals surface area contributed by atoms with Crippen LogP contribution in [0, 0.1) is 6.92 Å². The summed E-state index contributed by atoms with van der Waals surface area (Å²) in [6.45, 7) is 9.45. The second kappa shape index (κ2) is 10.1. The highest BCUT2D eigenvalue weighted by Gasteiger charge is 2.16. The fourth-order valence-corrected chi connectivity index (χ4v) is 3.52. The number of carbonyl (C=O) groups is 2. The fraction of sp³-hybridized carbons (Fsp3) is 0.391. The van der Waals surface area contributed by atoms with Crippen LogP contribution in [0.15, 0.2) is 48.5 Å². The Balaban J connectivity index is 1.48. The molecule has 1 aliphatic rings. The summed E-state index contributed by atoms with van der Waals surface area (Å²) in [4.78, 5) is 29.1. The number of hydrogen-bond donors (Lipinski definition) is 2. The van der Waals surface area contributed by atoms with Crippen LogP contribution in [0.25, 0.3) is 0 Å². The number of hydrogen-bond acceptors (Lipinski definition) is 4. The molecule has 0 unspecified atom stereocenters. The van der Waals surface area contributed by atoms with E-state index in [1.54, 1.807) is 0 Å². The molecule has 0 saturated carbocycles. The Bertz CT molecular complexity index is 830. The van der Waals surface area contributed by atoms with Gasteiger partial charge in [0.25, 0.3) is 0 Å². The number of likely N-dealkylation sites (N-methyl/N-ethyl adjacent to an activating group) is 1. The van der Waals surface area contributed by atoms with Gasteiger partial charge in [0.05, 0.1) is 13.0 Å². The standard InChI is InChI=1S/C23H30N4O2/c1-3-26-11-13-27(14-12-26)20-9-10-21(18(2)15-20)25-23(29)17-24-22(28)16-19-7-5-4-6-8-19/h4-10,15H,3,11-14,16-17H2,1-2H3,(H,24,28)(H,25,29). The first-order valence-corrected chi connectivity index (χ1v) is 10.2. The highest BCUT2D eigenvalue weighted by Crippen LogP contribution is 2.23. The molecule has 1 aliphatic heterocycles. The van der Waals surface area contributed by atoms with Crippen molar-refractivity contribution in [1.29, 1.82) is 0 Å². The molecule has 1 fully saturated rings. The normalized spacial score (nSPS) is 14.5. The molecule has 6 nitrogen and oxygen atoms in total. The predicted octanol–water partition coefficient (Wildman–Crippen LogP) is 2.43. The van der Waals surface area contributed by atoms with Gasteiger partial charge in [0, 0.05) is 37.6 Å². The van der Waals surface area contributed by atoms with Crippen LogP contribution < -0.4 is 15.5 Å². The van der Waals surface area contributed by atoms with Crippen molar-refractivity contribution < 1.29 is 9.59 Å². The number of benzene rings is 2. The summed E-state index contributed by atoms with van der Waals surface area (Å²) in [5.41, 5.74) is 3.91. The maximum absolute atomic E-state index is 12.2. The number of carbonyl (C=O) groups excluding carboxylic acids is 2. The Labute approximate surface area is 172 Å². The van der Waals surface area contributed by atoms with Gasteiger partial charge in [-0.15, -0.1) is 0 Å². The van der Waals surface area contributed by atoms with Gasteiger partial charge >= 0.3 is 0 Å². The van der Waals surface area contributed by atoms with E-state index in [0.29, 0.717) is 0 Å². The summed E-state index contributed by atoms with van der Waals surface area (Å²) in [5.74, 6) is -0.386. The molecule has 1 heterocycles. The zero-order valence-electron chi connectivity index (χ0n) is 17.3. The predicted molar refractivity (Wildman–Crippen MR) is 117 cm³/mol. The Hall–Kier alpha value is -2.86. The second-order valence-corrected chi connectivity index (χ2v) is 7.41. The Kier molecular flexibility index (Phi) is 7.25. The third-order valence-corrected chi connectivity index (χ3v) is 5.32. The van der Waals surface area contributed by atoms with E-state index in [2.05, 4.69) is 39.5 Å². The lowest BCUT2D eigenvalue weighted by Crippen LogP contribution is -2.46. The molecule has 0 bridgehead atoms. The minimum atomic E-state index is -0.223. The molecule has 0 atom stereocenters. The van der Waals surface area contributed by atoms with Crippen molar-refractivity contribution in [3.63, 3.8) is 0 Å². The van der Waals surface area contributed by atoms with E-state index in [1.807, 2.05) is 43.3 Å². The number of nitrogens with one attached hydrogen (secondary N) is 2. The summed E-state index contributed by atoms with van der Waals surface area (Å²) >= 11 is 0. The van der Waals surface area contributed by atoms with E-state index in [9.17, 15) is 9.59 Å². The molecule has 154 valence electrons. The van der Waals surface area contributed by atoms with E-state index in [-0.39, 0.29) is 24.8 Å². The van der Waals surface area contributed by atoms with Crippen LogP contribution >= 0.6 is 0 Å². The molecule has 6 heteroatoms. The van der Waals surface area contributed by atoms with E-state index < -0.39 is 0 Å². The van der Waals surface area contributed by atoms with Crippen molar-refractivity contribution in [2.24, 2.45) is 0 Å².